The van der Waals surface area contributed by atoms with Crippen LogP contribution in [0.1, 0.15) is 12.5 Å². The molecule has 3 nitrogen and oxygen atoms in total. The van der Waals surface area contributed by atoms with Gasteiger partial charge in [-0.15, -0.1) is 0 Å². The summed E-state index contributed by atoms with van der Waals surface area (Å²) in [6, 6.07) is 10.5. The molecule has 2 rings (SSSR count). The number of carbonyl (C=O) groups excluding carboxylic acids is 1. The van der Waals surface area contributed by atoms with Crippen LogP contribution in [0.2, 0.25) is 0 Å². The van der Waals surface area contributed by atoms with Crippen LogP contribution in [0.4, 0.5) is 20.2 Å². The molecule has 0 heterocycles. The monoisotopic (exact) mass is 276 g/mol. The summed E-state index contributed by atoms with van der Waals surface area (Å²) in [6.07, 6.45) is 0. The number of carbonyl (C=O) groups is 1. The predicted molar refractivity (Wildman–Crippen MR) is 74.4 cm³/mol. The molecule has 5 heteroatoms. The first kappa shape index (κ1) is 14.0. The Morgan fingerprint density at radius 3 is 2.45 bits per heavy atom. The van der Waals surface area contributed by atoms with Gasteiger partial charge in [-0.25, -0.2) is 8.78 Å². The Balaban J connectivity index is 2.06. The molecule has 0 bridgehead atoms. The highest BCUT2D eigenvalue weighted by atomic mass is 19.1. The molecule has 2 aromatic carbocycles. The number of halogens is 2. The zero-order valence-electron chi connectivity index (χ0n) is 10.9. The third-order valence-corrected chi connectivity index (χ3v) is 2.69. The molecule has 0 aliphatic heterocycles. The third kappa shape index (κ3) is 3.78. The molecular weight excluding hydrogens is 262 g/mol. The average molecular weight is 276 g/mol. The fourth-order valence-corrected chi connectivity index (χ4v) is 1.73. The topological polar surface area (TPSA) is 41.1 Å². The van der Waals surface area contributed by atoms with E-state index in [1.807, 2.05) is 0 Å². The highest BCUT2D eigenvalue weighted by Crippen LogP contribution is 2.20. The van der Waals surface area contributed by atoms with Gasteiger partial charge >= 0.3 is 0 Å². The van der Waals surface area contributed by atoms with Crippen molar-refractivity contribution in [3.8, 4) is 0 Å². The molecule has 0 fully saturated rings. The third-order valence-electron chi connectivity index (χ3n) is 2.69. The standard InChI is InChI=1S/C15H14F2N2O/c1-10(20)19-15-8-13(6-7-14(15)17)18-9-11-2-4-12(16)5-3-11/h2-8,18H,9H2,1H3,(H,19,20). The lowest BCUT2D eigenvalue weighted by Gasteiger charge is -2.10. The van der Waals surface area contributed by atoms with Gasteiger partial charge in [0.25, 0.3) is 0 Å². The maximum Gasteiger partial charge on any atom is 0.221 e. The van der Waals surface area contributed by atoms with Crippen molar-refractivity contribution >= 4 is 17.3 Å². The number of anilines is 2. The molecule has 2 N–H and O–H groups in total. The summed E-state index contributed by atoms with van der Waals surface area (Å²) in [5, 5.41) is 5.50. The van der Waals surface area contributed by atoms with E-state index in [2.05, 4.69) is 10.6 Å². The van der Waals surface area contributed by atoms with Gasteiger partial charge in [0.15, 0.2) is 0 Å². The van der Waals surface area contributed by atoms with Crippen molar-refractivity contribution in [2.45, 2.75) is 13.5 Å². The van der Waals surface area contributed by atoms with Gasteiger partial charge in [-0.05, 0) is 35.9 Å². The van der Waals surface area contributed by atoms with Gasteiger partial charge < -0.3 is 10.6 Å². The van der Waals surface area contributed by atoms with Crippen molar-refractivity contribution in [3.63, 3.8) is 0 Å². The van der Waals surface area contributed by atoms with Gasteiger partial charge in [-0.2, -0.15) is 0 Å². The molecule has 0 saturated carbocycles. The van der Waals surface area contributed by atoms with Gasteiger partial charge in [0.2, 0.25) is 5.91 Å². The summed E-state index contributed by atoms with van der Waals surface area (Å²) in [5.41, 5.74) is 1.69. The van der Waals surface area contributed by atoms with Crippen LogP contribution in [0.15, 0.2) is 42.5 Å². The van der Waals surface area contributed by atoms with Crippen LogP contribution in [-0.4, -0.2) is 5.91 Å². The van der Waals surface area contributed by atoms with Crippen LogP contribution >= 0.6 is 0 Å². The van der Waals surface area contributed by atoms with Gasteiger partial charge in [-0.1, -0.05) is 12.1 Å². The van der Waals surface area contributed by atoms with E-state index in [4.69, 9.17) is 0 Å². The molecule has 104 valence electrons. The Hall–Kier alpha value is -2.43. The summed E-state index contributed by atoms with van der Waals surface area (Å²) < 4.78 is 26.2. The van der Waals surface area contributed by atoms with Crippen molar-refractivity contribution < 1.29 is 13.6 Å². The normalized spacial score (nSPS) is 10.2. The number of amides is 1. The molecule has 1 amide bonds. The van der Waals surface area contributed by atoms with E-state index < -0.39 is 5.82 Å². The minimum atomic E-state index is -0.493. The van der Waals surface area contributed by atoms with E-state index in [1.165, 1.54) is 31.2 Å². The largest absolute Gasteiger partial charge is 0.381 e. The number of rotatable bonds is 4. The summed E-state index contributed by atoms with van der Waals surface area (Å²) in [7, 11) is 0. The lowest BCUT2D eigenvalue weighted by molar-refractivity contribution is -0.114. The van der Waals surface area contributed by atoms with Crippen LogP contribution in [-0.2, 0) is 11.3 Å². The molecule has 2 aromatic rings. The molecule has 0 aromatic heterocycles. The average Bonchev–Trinajstić information content (AvgIpc) is 2.41. The van der Waals surface area contributed by atoms with Gasteiger partial charge in [0, 0.05) is 19.2 Å². The van der Waals surface area contributed by atoms with Crippen molar-refractivity contribution in [1.29, 1.82) is 0 Å². The fraction of sp³-hybridized carbons (Fsp3) is 0.133. The van der Waals surface area contributed by atoms with Crippen LogP contribution < -0.4 is 10.6 Å². The van der Waals surface area contributed by atoms with E-state index in [9.17, 15) is 13.6 Å². The Labute approximate surface area is 115 Å². The van der Waals surface area contributed by atoms with E-state index >= 15 is 0 Å². The number of nitrogens with one attached hydrogen (secondary N) is 2. The SMILES string of the molecule is CC(=O)Nc1cc(NCc2ccc(F)cc2)ccc1F. The van der Waals surface area contributed by atoms with Crippen molar-refractivity contribution in [3.05, 3.63) is 59.7 Å². The summed E-state index contributed by atoms with van der Waals surface area (Å²) in [5.74, 6) is -1.12. The molecule has 0 unspecified atom stereocenters. The number of benzene rings is 2. The molecule has 0 spiro atoms. The molecule has 20 heavy (non-hydrogen) atoms. The quantitative estimate of drug-likeness (QED) is 0.896. The second kappa shape index (κ2) is 6.14. The minimum Gasteiger partial charge on any atom is -0.381 e. The number of hydrogen-bond donors (Lipinski definition) is 2. The van der Waals surface area contributed by atoms with Gasteiger partial charge in [0.1, 0.15) is 11.6 Å². The zero-order valence-corrected chi connectivity index (χ0v) is 10.9. The Bertz CT molecular complexity index is 612. The minimum absolute atomic E-state index is 0.126. The van der Waals surface area contributed by atoms with E-state index in [1.54, 1.807) is 18.2 Å². The second-order valence-corrected chi connectivity index (χ2v) is 4.36. The van der Waals surface area contributed by atoms with E-state index in [0.717, 1.165) is 5.56 Å². The van der Waals surface area contributed by atoms with E-state index in [0.29, 0.717) is 12.2 Å². The van der Waals surface area contributed by atoms with Crippen LogP contribution in [0, 0.1) is 11.6 Å². The molecular formula is C15H14F2N2O. The predicted octanol–water partition coefficient (Wildman–Crippen LogP) is 3.54. The smallest absolute Gasteiger partial charge is 0.221 e. The number of hydrogen-bond acceptors (Lipinski definition) is 2. The Morgan fingerprint density at radius 1 is 1.10 bits per heavy atom. The van der Waals surface area contributed by atoms with Crippen LogP contribution in [0.25, 0.3) is 0 Å². The summed E-state index contributed by atoms with van der Waals surface area (Å²) in [4.78, 5) is 11.0. The Morgan fingerprint density at radius 2 is 1.80 bits per heavy atom. The molecule has 0 atom stereocenters. The van der Waals surface area contributed by atoms with Crippen LogP contribution in [0.5, 0.6) is 0 Å². The highest BCUT2D eigenvalue weighted by Gasteiger charge is 2.05. The van der Waals surface area contributed by atoms with Crippen molar-refractivity contribution in [1.82, 2.24) is 0 Å². The van der Waals surface area contributed by atoms with Crippen LogP contribution in [0.3, 0.4) is 0 Å². The fourth-order valence-electron chi connectivity index (χ4n) is 1.73. The molecule has 0 aliphatic carbocycles. The lowest BCUT2D eigenvalue weighted by atomic mass is 10.2. The van der Waals surface area contributed by atoms with Crippen molar-refractivity contribution in [2.75, 3.05) is 10.6 Å². The molecule has 0 saturated heterocycles. The first-order valence-corrected chi connectivity index (χ1v) is 6.10. The van der Waals surface area contributed by atoms with Gasteiger partial charge in [0.05, 0.1) is 5.69 Å². The summed E-state index contributed by atoms with van der Waals surface area (Å²) >= 11 is 0. The Kier molecular flexibility index (Phi) is 4.30. The highest BCUT2D eigenvalue weighted by molar-refractivity contribution is 5.89. The first-order valence-electron chi connectivity index (χ1n) is 6.10. The maximum absolute atomic E-state index is 13.5. The van der Waals surface area contributed by atoms with Crippen molar-refractivity contribution in [2.24, 2.45) is 0 Å². The molecule has 0 radical (unpaired) electrons. The maximum atomic E-state index is 13.5. The molecule has 0 aliphatic rings. The summed E-state index contributed by atoms with van der Waals surface area (Å²) in [6.45, 7) is 1.80. The van der Waals surface area contributed by atoms with Gasteiger partial charge in [-0.3, -0.25) is 4.79 Å². The second-order valence-electron chi connectivity index (χ2n) is 4.36. The van der Waals surface area contributed by atoms with E-state index in [-0.39, 0.29) is 17.4 Å². The zero-order chi connectivity index (χ0) is 14.5. The first-order chi connectivity index (χ1) is 9.54. The lowest BCUT2D eigenvalue weighted by Crippen LogP contribution is -2.08.